The fraction of sp³-hybridized carbons (Fsp3) is 0.878. The summed E-state index contributed by atoms with van der Waals surface area (Å²) in [5, 5.41) is 13.6. The number of phosphoric ester groups is 1. The first-order chi connectivity index (χ1) is 24.4. The molecule has 0 aliphatic heterocycles. The highest BCUT2D eigenvalue weighted by molar-refractivity contribution is 7.47. The van der Waals surface area contributed by atoms with Crippen LogP contribution in [0.25, 0.3) is 0 Å². The summed E-state index contributed by atoms with van der Waals surface area (Å²) < 4.78 is 22.0. The molecule has 0 aromatic carbocycles. The van der Waals surface area contributed by atoms with Gasteiger partial charge in [0, 0.05) is 13.0 Å². The molecule has 50 heavy (non-hydrogen) atoms. The summed E-state index contributed by atoms with van der Waals surface area (Å²) in [6.07, 6.45) is 42.4. The fourth-order valence-electron chi connectivity index (χ4n) is 6.09. The van der Waals surface area contributed by atoms with Gasteiger partial charge in [-0.05, 0) is 32.1 Å². The van der Waals surface area contributed by atoms with Crippen molar-refractivity contribution in [2.75, 3.05) is 19.8 Å². The molecule has 0 radical (unpaired) electrons. The standard InChI is InChI=1S/C41H81N2O6P/c1-3-5-7-9-11-13-15-16-17-18-19-20-21-22-23-24-25-27-29-31-33-35-41(45)43-39(38-49-50(46,47)48-37-36-42)40(44)34-32-30-28-26-14-12-10-8-6-4-2/h14,26,32,34,39-40,44H,3-13,15-25,27-31,33,35-38,42H2,1-2H3,(H,43,45)(H,46,47)/b26-14+,34-32+. The second kappa shape index (κ2) is 37.7. The lowest BCUT2D eigenvalue weighted by Gasteiger charge is -2.23. The number of carbonyl (C=O) groups is 1. The molecule has 0 aliphatic carbocycles. The van der Waals surface area contributed by atoms with Gasteiger partial charge in [0.15, 0.2) is 0 Å². The van der Waals surface area contributed by atoms with Gasteiger partial charge in [0.1, 0.15) is 0 Å². The van der Waals surface area contributed by atoms with E-state index in [1.165, 1.54) is 141 Å². The van der Waals surface area contributed by atoms with Crippen molar-refractivity contribution in [1.29, 1.82) is 0 Å². The van der Waals surface area contributed by atoms with Gasteiger partial charge in [-0.25, -0.2) is 4.57 Å². The number of carbonyl (C=O) groups excluding carboxylic acids is 1. The van der Waals surface area contributed by atoms with Gasteiger partial charge in [0.25, 0.3) is 0 Å². The maximum absolute atomic E-state index is 12.7. The lowest BCUT2D eigenvalue weighted by Crippen LogP contribution is -2.45. The van der Waals surface area contributed by atoms with Crippen molar-refractivity contribution in [1.82, 2.24) is 5.32 Å². The van der Waals surface area contributed by atoms with Crippen molar-refractivity contribution >= 4 is 13.7 Å². The zero-order valence-corrected chi connectivity index (χ0v) is 33.5. The Balaban J connectivity index is 4.10. The molecule has 3 atom stereocenters. The van der Waals surface area contributed by atoms with Crippen LogP contribution in [0.1, 0.15) is 200 Å². The molecule has 0 aromatic heterocycles. The zero-order valence-electron chi connectivity index (χ0n) is 32.6. The number of allylic oxidation sites excluding steroid dienone is 3. The molecule has 0 spiro atoms. The van der Waals surface area contributed by atoms with E-state index in [0.717, 1.165) is 38.5 Å². The second-order valence-corrected chi connectivity index (χ2v) is 15.7. The molecule has 0 saturated heterocycles. The number of unbranched alkanes of at least 4 members (excludes halogenated alkanes) is 25. The van der Waals surface area contributed by atoms with Crippen molar-refractivity contribution in [3.8, 4) is 0 Å². The Morgan fingerprint density at radius 3 is 1.54 bits per heavy atom. The van der Waals surface area contributed by atoms with Crippen molar-refractivity contribution in [2.24, 2.45) is 5.73 Å². The van der Waals surface area contributed by atoms with E-state index < -0.39 is 20.0 Å². The Morgan fingerprint density at radius 2 is 1.06 bits per heavy atom. The predicted molar refractivity (Wildman–Crippen MR) is 212 cm³/mol. The molecular weight excluding hydrogens is 647 g/mol. The van der Waals surface area contributed by atoms with Crippen molar-refractivity contribution in [3.63, 3.8) is 0 Å². The van der Waals surface area contributed by atoms with Gasteiger partial charge in [-0.1, -0.05) is 186 Å². The third-order valence-electron chi connectivity index (χ3n) is 9.28. The monoisotopic (exact) mass is 729 g/mol. The van der Waals surface area contributed by atoms with E-state index in [1.54, 1.807) is 6.08 Å². The van der Waals surface area contributed by atoms with Crippen molar-refractivity contribution in [3.05, 3.63) is 24.3 Å². The number of phosphoric acid groups is 1. The maximum atomic E-state index is 12.7. The van der Waals surface area contributed by atoms with Crippen LogP contribution in [0.15, 0.2) is 24.3 Å². The van der Waals surface area contributed by atoms with Crippen LogP contribution < -0.4 is 11.1 Å². The molecule has 0 fully saturated rings. The highest BCUT2D eigenvalue weighted by atomic mass is 31.2. The van der Waals surface area contributed by atoms with E-state index in [4.69, 9.17) is 14.8 Å². The molecule has 0 bridgehead atoms. The largest absolute Gasteiger partial charge is 0.472 e. The van der Waals surface area contributed by atoms with Crippen LogP contribution in [0.2, 0.25) is 0 Å². The number of nitrogens with two attached hydrogens (primary N) is 1. The van der Waals surface area contributed by atoms with E-state index in [1.807, 2.05) is 6.08 Å². The summed E-state index contributed by atoms with van der Waals surface area (Å²) >= 11 is 0. The quantitative estimate of drug-likeness (QED) is 0.0281. The highest BCUT2D eigenvalue weighted by Gasteiger charge is 2.26. The first-order valence-electron chi connectivity index (χ1n) is 21.0. The number of rotatable bonds is 39. The molecule has 296 valence electrons. The van der Waals surface area contributed by atoms with Crippen LogP contribution in [0.4, 0.5) is 0 Å². The lowest BCUT2D eigenvalue weighted by molar-refractivity contribution is -0.123. The number of amides is 1. The summed E-state index contributed by atoms with van der Waals surface area (Å²) in [5.74, 6) is -0.203. The molecule has 0 aromatic rings. The Hall–Kier alpha value is -1.02. The first-order valence-corrected chi connectivity index (χ1v) is 22.5. The zero-order chi connectivity index (χ0) is 36.8. The summed E-state index contributed by atoms with van der Waals surface area (Å²) in [6, 6.07) is -0.871. The number of aliphatic hydroxyl groups is 1. The Kier molecular flexibility index (Phi) is 37.0. The molecule has 0 saturated carbocycles. The normalized spacial score (nSPS) is 14.4. The summed E-state index contributed by atoms with van der Waals surface area (Å²) in [5.41, 5.74) is 5.35. The molecule has 1 amide bonds. The Bertz CT molecular complexity index is 840. The van der Waals surface area contributed by atoms with Crippen LogP contribution >= 0.6 is 7.82 Å². The number of nitrogens with one attached hydrogen (secondary N) is 1. The minimum Gasteiger partial charge on any atom is -0.387 e. The van der Waals surface area contributed by atoms with Gasteiger partial charge >= 0.3 is 7.82 Å². The molecule has 0 aliphatic rings. The van der Waals surface area contributed by atoms with Crippen molar-refractivity contribution in [2.45, 2.75) is 212 Å². The van der Waals surface area contributed by atoms with E-state index in [-0.39, 0.29) is 25.7 Å². The molecule has 0 heterocycles. The molecule has 9 heteroatoms. The molecular formula is C41H81N2O6P. The summed E-state index contributed by atoms with van der Waals surface area (Å²) in [4.78, 5) is 22.6. The highest BCUT2D eigenvalue weighted by Crippen LogP contribution is 2.43. The van der Waals surface area contributed by atoms with E-state index in [0.29, 0.717) is 6.42 Å². The topological polar surface area (TPSA) is 131 Å². The number of hydrogen-bond donors (Lipinski definition) is 4. The van der Waals surface area contributed by atoms with E-state index in [9.17, 15) is 19.4 Å². The lowest BCUT2D eigenvalue weighted by atomic mass is 10.0. The minimum atomic E-state index is -4.34. The average Bonchev–Trinajstić information content (AvgIpc) is 3.10. The SMILES string of the molecule is CCCCCC/C=C/CC/C=C/C(O)C(COP(=O)(O)OCCN)NC(=O)CCCCCCCCCCCCCCCCCCCCCCC. The molecule has 8 nitrogen and oxygen atoms in total. The molecule has 5 N–H and O–H groups in total. The maximum Gasteiger partial charge on any atom is 0.472 e. The summed E-state index contributed by atoms with van der Waals surface area (Å²) in [6.45, 7) is 4.08. The smallest absolute Gasteiger partial charge is 0.387 e. The van der Waals surface area contributed by atoms with Crippen LogP contribution in [-0.2, 0) is 18.4 Å². The number of hydrogen-bond acceptors (Lipinski definition) is 6. The van der Waals surface area contributed by atoms with Gasteiger partial charge in [0.2, 0.25) is 5.91 Å². The van der Waals surface area contributed by atoms with Gasteiger partial charge in [-0.3, -0.25) is 13.8 Å². The van der Waals surface area contributed by atoms with Crippen LogP contribution in [0.3, 0.4) is 0 Å². The van der Waals surface area contributed by atoms with Crippen LogP contribution in [0, 0.1) is 0 Å². The second-order valence-electron chi connectivity index (χ2n) is 14.2. The van der Waals surface area contributed by atoms with E-state index in [2.05, 4.69) is 31.3 Å². The predicted octanol–water partition coefficient (Wildman–Crippen LogP) is 11.4. The van der Waals surface area contributed by atoms with Gasteiger partial charge < -0.3 is 21.1 Å². The minimum absolute atomic E-state index is 0.0755. The van der Waals surface area contributed by atoms with Crippen LogP contribution in [-0.4, -0.2) is 47.8 Å². The summed E-state index contributed by atoms with van der Waals surface area (Å²) in [7, 11) is -4.34. The average molecular weight is 729 g/mol. The molecule has 0 rings (SSSR count). The Morgan fingerprint density at radius 1 is 0.640 bits per heavy atom. The third kappa shape index (κ3) is 35.4. The first kappa shape index (κ1) is 49.0. The fourth-order valence-corrected chi connectivity index (χ4v) is 6.85. The van der Waals surface area contributed by atoms with E-state index >= 15 is 0 Å². The van der Waals surface area contributed by atoms with Crippen molar-refractivity contribution < 1.29 is 28.4 Å². The third-order valence-corrected chi connectivity index (χ3v) is 10.3. The Labute approximate surface area is 308 Å². The van der Waals surface area contributed by atoms with Crippen LogP contribution in [0.5, 0.6) is 0 Å². The number of aliphatic hydroxyl groups excluding tert-OH is 1. The van der Waals surface area contributed by atoms with Gasteiger partial charge in [-0.15, -0.1) is 0 Å². The van der Waals surface area contributed by atoms with Gasteiger partial charge in [-0.2, -0.15) is 0 Å². The molecule has 3 unspecified atom stereocenters. The van der Waals surface area contributed by atoms with Gasteiger partial charge in [0.05, 0.1) is 25.4 Å².